The first kappa shape index (κ1) is 26.4. The van der Waals surface area contributed by atoms with E-state index < -0.39 is 10.0 Å². The molecule has 3 rings (SSSR count). The highest BCUT2D eigenvalue weighted by Gasteiger charge is 2.36. The number of hydrogen-bond donors (Lipinski definition) is 1. The molecule has 8 heteroatoms. The lowest BCUT2D eigenvalue weighted by molar-refractivity contribution is -0.133. The molecule has 0 bridgehead atoms. The number of sulfonamides is 1. The molecule has 1 amide bonds. The Morgan fingerprint density at radius 2 is 1.97 bits per heavy atom. The van der Waals surface area contributed by atoms with Crippen LogP contribution in [0.25, 0.3) is 0 Å². The molecule has 1 saturated heterocycles. The van der Waals surface area contributed by atoms with Crippen molar-refractivity contribution in [1.82, 2.24) is 9.62 Å². The molecule has 1 saturated carbocycles. The molecule has 2 atom stereocenters. The van der Waals surface area contributed by atoms with E-state index in [-0.39, 0.29) is 24.1 Å². The fraction of sp³-hybridized carbons (Fsp3) is 0.577. The third-order valence-electron chi connectivity index (χ3n) is 6.70. The van der Waals surface area contributed by atoms with E-state index in [9.17, 15) is 13.2 Å². The molecule has 1 heterocycles. The fourth-order valence-corrected chi connectivity index (χ4v) is 5.81. The normalized spacial score (nSPS) is 25.5. The van der Waals surface area contributed by atoms with Crippen molar-refractivity contribution >= 4 is 15.9 Å². The van der Waals surface area contributed by atoms with Gasteiger partial charge in [0.05, 0.1) is 31.6 Å². The van der Waals surface area contributed by atoms with Crippen LogP contribution in [0.4, 0.5) is 0 Å². The topological polar surface area (TPSA) is 84.9 Å². The minimum Gasteiger partial charge on any atom is -0.493 e. The summed E-state index contributed by atoms with van der Waals surface area (Å²) in [4.78, 5) is 14.1. The fourth-order valence-electron chi connectivity index (χ4n) is 4.98. The van der Waals surface area contributed by atoms with Crippen LogP contribution in [-0.4, -0.2) is 63.4 Å². The molecule has 2 fully saturated rings. The Labute approximate surface area is 204 Å². The predicted octanol–water partition coefficient (Wildman–Crippen LogP) is 3.78. The van der Waals surface area contributed by atoms with E-state index in [0.717, 1.165) is 50.5 Å². The zero-order valence-electron chi connectivity index (χ0n) is 20.2. The molecule has 0 spiro atoms. The van der Waals surface area contributed by atoms with Crippen LogP contribution in [0.3, 0.4) is 0 Å². The van der Waals surface area contributed by atoms with Crippen LogP contribution >= 0.6 is 0 Å². The Hall–Kier alpha value is -2.16. The molecule has 1 aromatic rings. The second-order valence-corrected chi connectivity index (χ2v) is 11.0. The number of nitrogens with one attached hydrogen (secondary N) is 1. The van der Waals surface area contributed by atoms with Crippen LogP contribution < -0.4 is 9.46 Å². The summed E-state index contributed by atoms with van der Waals surface area (Å²) in [6.07, 6.45) is 10.5. The average Bonchev–Trinajstić information content (AvgIpc) is 2.82. The number of likely N-dealkylation sites (tertiary alicyclic amines) is 1. The molecular weight excluding hydrogens is 452 g/mol. The minimum atomic E-state index is -3.39. The molecular formula is C26H38N2O5S. The smallest absolute Gasteiger partial charge is 0.246 e. The lowest BCUT2D eigenvalue weighted by atomic mass is 9.82. The number of carbonyl (C=O) groups is 1. The van der Waals surface area contributed by atoms with Crippen LogP contribution in [0.1, 0.15) is 56.4 Å². The van der Waals surface area contributed by atoms with E-state index in [1.807, 2.05) is 18.2 Å². The molecule has 188 valence electrons. The summed E-state index contributed by atoms with van der Waals surface area (Å²) < 4.78 is 38.5. The largest absolute Gasteiger partial charge is 0.493 e. The minimum absolute atomic E-state index is 0.102. The molecule has 2 aliphatic rings. The van der Waals surface area contributed by atoms with E-state index in [2.05, 4.69) is 30.0 Å². The molecule has 2 unspecified atom stereocenters. The molecule has 0 radical (unpaired) electrons. The van der Waals surface area contributed by atoms with E-state index in [1.54, 1.807) is 4.90 Å². The monoisotopic (exact) mass is 490 g/mol. The van der Waals surface area contributed by atoms with E-state index in [1.165, 1.54) is 11.6 Å². The maximum Gasteiger partial charge on any atom is 0.246 e. The lowest BCUT2D eigenvalue weighted by Crippen LogP contribution is -2.58. The third-order valence-corrected chi connectivity index (χ3v) is 7.43. The summed E-state index contributed by atoms with van der Waals surface area (Å²) in [7, 11) is -3.39. The van der Waals surface area contributed by atoms with Gasteiger partial charge in [-0.3, -0.25) is 4.79 Å². The Morgan fingerprint density at radius 3 is 2.65 bits per heavy atom. The maximum absolute atomic E-state index is 12.4. The molecule has 1 aliphatic carbocycles. The van der Waals surface area contributed by atoms with Crippen molar-refractivity contribution in [3.05, 3.63) is 55.1 Å². The van der Waals surface area contributed by atoms with Crippen molar-refractivity contribution in [3.63, 3.8) is 0 Å². The summed E-state index contributed by atoms with van der Waals surface area (Å²) in [6, 6.07) is 7.64. The summed E-state index contributed by atoms with van der Waals surface area (Å²) in [5, 5.41) is 0. The van der Waals surface area contributed by atoms with Crippen molar-refractivity contribution < 1.29 is 22.7 Å². The predicted molar refractivity (Wildman–Crippen MR) is 134 cm³/mol. The SMILES string of the molecule is C=CCCOc1cccc(C2CCC(OCC3C(NS(C)(=O)=O)CCCN3C(=O)C=C)CC2)c1. The number of benzene rings is 1. The van der Waals surface area contributed by atoms with E-state index in [0.29, 0.717) is 32.1 Å². The summed E-state index contributed by atoms with van der Waals surface area (Å²) in [5.41, 5.74) is 1.29. The average molecular weight is 491 g/mol. The van der Waals surface area contributed by atoms with Gasteiger partial charge in [-0.05, 0) is 74.6 Å². The number of nitrogens with zero attached hydrogens (tertiary/aromatic N) is 1. The molecule has 1 aliphatic heterocycles. The zero-order valence-corrected chi connectivity index (χ0v) is 21.0. The van der Waals surface area contributed by atoms with Crippen molar-refractivity contribution in [2.45, 2.75) is 69.1 Å². The second-order valence-electron chi connectivity index (χ2n) is 9.25. The Kier molecular flexibility index (Phi) is 9.74. The van der Waals surface area contributed by atoms with Gasteiger partial charge in [0.15, 0.2) is 0 Å². The highest BCUT2D eigenvalue weighted by atomic mass is 32.2. The van der Waals surface area contributed by atoms with Gasteiger partial charge in [-0.25, -0.2) is 13.1 Å². The van der Waals surface area contributed by atoms with Gasteiger partial charge < -0.3 is 14.4 Å². The van der Waals surface area contributed by atoms with Gasteiger partial charge in [-0.15, -0.1) is 6.58 Å². The van der Waals surface area contributed by atoms with Crippen LogP contribution in [0, 0.1) is 0 Å². The Morgan fingerprint density at radius 1 is 1.21 bits per heavy atom. The first-order valence-corrected chi connectivity index (χ1v) is 14.1. The first-order valence-electron chi connectivity index (χ1n) is 12.2. The van der Waals surface area contributed by atoms with Crippen molar-refractivity contribution in [1.29, 1.82) is 0 Å². The standard InChI is InChI=1S/C26H38N2O5S/c1-4-6-17-32-23-10-7-9-21(18-23)20-12-14-22(15-13-20)33-19-25-24(27-34(3,30)31)11-8-16-28(25)26(29)5-2/h4-5,7,9-10,18,20,22,24-25,27H,1-2,6,8,11-17,19H2,3H3. The highest BCUT2D eigenvalue weighted by Crippen LogP contribution is 2.35. The summed E-state index contributed by atoms with van der Waals surface area (Å²) in [5.74, 6) is 1.18. The number of ether oxygens (including phenoxy) is 2. The van der Waals surface area contributed by atoms with Gasteiger partial charge in [0, 0.05) is 12.6 Å². The number of piperidine rings is 1. The van der Waals surface area contributed by atoms with Gasteiger partial charge >= 0.3 is 0 Å². The third kappa shape index (κ3) is 7.68. The van der Waals surface area contributed by atoms with Gasteiger partial charge in [-0.2, -0.15) is 0 Å². The highest BCUT2D eigenvalue weighted by molar-refractivity contribution is 7.88. The number of carbonyl (C=O) groups excluding carboxylic acids is 1. The summed E-state index contributed by atoms with van der Waals surface area (Å²) >= 11 is 0. The maximum atomic E-state index is 12.4. The molecule has 7 nitrogen and oxygen atoms in total. The van der Waals surface area contributed by atoms with Gasteiger partial charge in [0.25, 0.3) is 0 Å². The van der Waals surface area contributed by atoms with E-state index in [4.69, 9.17) is 9.47 Å². The Balaban J connectivity index is 1.56. The van der Waals surface area contributed by atoms with Gasteiger partial charge in [-0.1, -0.05) is 24.8 Å². The molecule has 0 aromatic heterocycles. The second kappa shape index (κ2) is 12.5. The van der Waals surface area contributed by atoms with Crippen LogP contribution in [0.5, 0.6) is 5.75 Å². The first-order chi connectivity index (χ1) is 16.3. The Bertz CT molecular complexity index is 940. The van der Waals surface area contributed by atoms with Crippen molar-refractivity contribution in [2.24, 2.45) is 0 Å². The lowest BCUT2D eigenvalue weighted by Gasteiger charge is -2.41. The zero-order chi connectivity index (χ0) is 24.6. The molecule has 1 aromatic carbocycles. The van der Waals surface area contributed by atoms with Crippen molar-refractivity contribution in [3.8, 4) is 5.75 Å². The van der Waals surface area contributed by atoms with E-state index >= 15 is 0 Å². The summed E-state index contributed by atoms with van der Waals surface area (Å²) in [6.45, 7) is 8.86. The van der Waals surface area contributed by atoms with Crippen LogP contribution in [0.15, 0.2) is 49.6 Å². The molecule has 1 N–H and O–H groups in total. The van der Waals surface area contributed by atoms with Gasteiger partial charge in [0.2, 0.25) is 15.9 Å². The van der Waals surface area contributed by atoms with Gasteiger partial charge in [0.1, 0.15) is 5.75 Å². The number of rotatable bonds is 11. The molecule has 34 heavy (non-hydrogen) atoms. The van der Waals surface area contributed by atoms with Crippen molar-refractivity contribution in [2.75, 3.05) is 26.0 Å². The number of hydrogen-bond acceptors (Lipinski definition) is 5. The van der Waals surface area contributed by atoms with Crippen LogP contribution in [0.2, 0.25) is 0 Å². The van der Waals surface area contributed by atoms with Crippen LogP contribution in [-0.2, 0) is 19.6 Å². The number of amides is 1. The quantitative estimate of drug-likeness (QED) is 0.290.